The lowest BCUT2D eigenvalue weighted by molar-refractivity contribution is -0.0609. The first kappa shape index (κ1) is 13.8. The summed E-state index contributed by atoms with van der Waals surface area (Å²) in [5.41, 5.74) is -0.445. The second-order valence-corrected chi connectivity index (χ2v) is 5.63. The van der Waals surface area contributed by atoms with Crippen molar-refractivity contribution in [3.05, 3.63) is 0 Å². The van der Waals surface area contributed by atoms with Crippen molar-refractivity contribution in [2.45, 2.75) is 45.4 Å². The Morgan fingerprint density at radius 3 is 2.69 bits per heavy atom. The van der Waals surface area contributed by atoms with Crippen LogP contribution in [0, 0.1) is 0 Å². The Morgan fingerprint density at radius 2 is 2.19 bits per heavy atom. The van der Waals surface area contributed by atoms with E-state index in [9.17, 15) is 4.79 Å². The molecule has 2 atom stereocenters. The number of hydrogen-bond acceptors (Lipinski definition) is 3. The molecule has 0 spiro atoms. The predicted molar refractivity (Wildman–Crippen MR) is 65.9 cm³/mol. The summed E-state index contributed by atoms with van der Waals surface area (Å²) in [6.07, 6.45) is -0.212. The van der Waals surface area contributed by atoms with E-state index in [1.807, 2.05) is 27.7 Å². The van der Waals surface area contributed by atoms with Crippen LogP contribution in [0.15, 0.2) is 0 Å². The quantitative estimate of drug-likeness (QED) is 0.697. The first-order valence-corrected chi connectivity index (χ1v) is 6.64. The van der Waals surface area contributed by atoms with Crippen molar-refractivity contribution in [1.82, 2.24) is 4.90 Å². The topological polar surface area (TPSA) is 38.8 Å². The maximum Gasteiger partial charge on any atom is 0.410 e. The van der Waals surface area contributed by atoms with E-state index >= 15 is 0 Å². The van der Waals surface area contributed by atoms with Crippen molar-refractivity contribution < 1.29 is 14.3 Å². The van der Waals surface area contributed by atoms with Gasteiger partial charge in [-0.3, -0.25) is 0 Å². The van der Waals surface area contributed by atoms with Crippen LogP contribution in [-0.4, -0.2) is 47.2 Å². The van der Waals surface area contributed by atoms with Gasteiger partial charge in [0.15, 0.2) is 0 Å². The van der Waals surface area contributed by atoms with Crippen molar-refractivity contribution in [2.24, 2.45) is 0 Å². The first-order valence-electron chi connectivity index (χ1n) is 5.52. The number of nitrogens with zero attached hydrogens (tertiary/aromatic N) is 1. The van der Waals surface area contributed by atoms with Gasteiger partial charge in [0, 0.05) is 11.9 Å². The Hall–Kier alpha value is -0.290. The minimum atomic E-state index is -0.445. The zero-order valence-corrected chi connectivity index (χ0v) is 11.9. The van der Waals surface area contributed by atoms with Gasteiger partial charge in [-0.05, 0) is 27.7 Å². The molecule has 0 aliphatic carbocycles. The van der Waals surface area contributed by atoms with Crippen molar-refractivity contribution >= 4 is 22.0 Å². The Morgan fingerprint density at radius 1 is 1.56 bits per heavy atom. The number of carbonyl (C=O) groups excluding carboxylic acids is 1. The van der Waals surface area contributed by atoms with Gasteiger partial charge in [0.2, 0.25) is 0 Å². The molecule has 0 N–H and O–H groups in total. The summed E-state index contributed by atoms with van der Waals surface area (Å²) in [6.45, 7) is 8.77. The number of ether oxygens (including phenoxy) is 2. The summed E-state index contributed by atoms with van der Waals surface area (Å²) < 4.78 is 10.9. The molecule has 2 unspecified atom stereocenters. The molecule has 1 amide bonds. The Balaban J connectivity index is 2.61. The second-order valence-electron chi connectivity index (χ2n) is 4.98. The molecule has 1 aliphatic rings. The van der Waals surface area contributed by atoms with Crippen LogP contribution in [-0.2, 0) is 9.47 Å². The molecule has 4 nitrogen and oxygen atoms in total. The third-order valence-electron chi connectivity index (χ3n) is 2.47. The highest BCUT2D eigenvalue weighted by molar-refractivity contribution is 9.09. The van der Waals surface area contributed by atoms with Crippen molar-refractivity contribution in [1.29, 1.82) is 0 Å². The highest BCUT2D eigenvalue weighted by Gasteiger charge is 2.33. The fourth-order valence-electron chi connectivity index (χ4n) is 1.60. The van der Waals surface area contributed by atoms with Gasteiger partial charge in [0.05, 0.1) is 18.8 Å². The second kappa shape index (κ2) is 5.36. The van der Waals surface area contributed by atoms with Gasteiger partial charge in [-0.25, -0.2) is 4.79 Å². The molecule has 1 aliphatic heterocycles. The molecule has 0 aromatic carbocycles. The lowest BCUT2D eigenvalue weighted by Gasteiger charge is -2.39. The average molecular weight is 294 g/mol. The third-order valence-corrected chi connectivity index (χ3v) is 3.11. The van der Waals surface area contributed by atoms with Gasteiger partial charge < -0.3 is 14.4 Å². The summed E-state index contributed by atoms with van der Waals surface area (Å²) in [4.78, 5) is 13.7. The van der Waals surface area contributed by atoms with Gasteiger partial charge in [-0.1, -0.05) is 15.9 Å². The molecule has 94 valence electrons. The van der Waals surface area contributed by atoms with Gasteiger partial charge in [0.1, 0.15) is 5.60 Å². The Labute approximate surface area is 105 Å². The SMILES string of the molecule is CC1C(CBr)OCCN1C(=O)OC(C)(C)C. The number of halogens is 1. The van der Waals surface area contributed by atoms with Crippen molar-refractivity contribution in [2.75, 3.05) is 18.5 Å². The number of alkyl halides is 1. The molecule has 1 saturated heterocycles. The maximum atomic E-state index is 11.9. The van der Waals surface area contributed by atoms with E-state index in [-0.39, 0.29) is 18.2 Å². The van der Waals surface area contributed by atoms with Crippen LogP contribution in [0.3, 0.4) is 0 Å². The summed E-state index contributed by atoms with van der Waals surface area (Å²) >= 11 is 3.39. The van der Waals surface area contributed by atoms with Crippen LogP contribution >= 0.6 is 15.9 Å². The normalized spacial score (nSPS) is 26.7. The lowest BCUT2D eigenvalue weighted by atomic mass is 10.1. The van der Waals surface area contributed by atoms with E-state index in [0.717, 1.165) is 5.33 Å². The average Bonchev–Trinajstić information content (AvgIpc) is 2.15. The molecule has 1 rings (SSSR count). The molecule has 1 heterocycles. The monoisotopic (exact) mass is 293 g/mol. The fourth-order valence-corrected chi connectivity index (χ4v) is 2.33. The van der Waals surface area contributed by atoms with Crippen LogP contribution in [0.4, 0.5) is 4.79 Å². The first-order chi connectivity index (χ1) is 7.35. The molecule has 5 heteroatoms. The Kier molecular flexibility index (Phi) is 4.62. The fraction of sp³-hybridized carbons (Fsp3) is 0.909. The number of carbonyl (C=O) groups is 1. The maximum absolute atomic E-state index is 11.9. The number of morpholine rings is 1. The largest absolute Gasteiger partial charge is 0.444 e. The van der Waals surface area contributed by atoms with Gasteiger partial charge in [-0.2, -0.15) is 0 Å². The zero-order valence-electron chi connectivity index (χ0n) is 10.3. The number of rotatable bonds is 1. The van der Waals surface area contributed by atoms with E-state index in [2.05, 4.69) is 15.9 Å². The van der Waals surface area contributed by atoms with E-state index in [1.54, 1.807) is 4.90 Å². The lowest BCUT2D eigenvalue weighted by Crippen LogP contribution is -2.53. The van der Waals surface area contributed by atoms with E-state index in [0.29, 0.717) is 13.2 Å². The standard InChI is InChI=1S/C11H20BrNO3/c1-8-9(7-12)15-6-5-13(8)10(14)16-11(2,3)4/h8-9H,5-7H2,1-4H3. The van der Waals surface area contributed by atoms with Gasteiger partial charge in [-0.15, -0.1) is 0 Å². The van der Waals surface area contributed by atoms with Crippen molar-refractivity contribution in [3.63, 3.8) is 0 Å². The molecular formula is C11H20BrNO3. The summed E-state index contributed by atoms with van der Waals surface area (Å²) in [7, 11) is 0. The van der Waals surface area contributed by atoms with E-state index in [4.69, 9.17) is 9.47 Å². The van der Waals surface area contributed by atoms with Crippen molar-refractivity contribution in [3.8, 4) is 0 Å². The number of hydrogen-bond donors (Lipinski definition) is 0. The highest BCUT2D eigenvalue weighted by atomic mass is 79.9. The summed E-state index contributed by atoms with van der Waals surface area (Å²) in [6, 6.07) is 0.0444. The van der Waals surface area contributed by atoms with Crippen LogP contribution < -0.4 is 0 Å². The van der Waals surface area contributed by atoms with E-state index in [1.165, 1.54) is 0 Å². The Bertz CT molecular complexity index is 252. The third kappa shape index (κ3) is 3.63. The van der Waals surface area contributed by atoms with E-state index < -0.39 is 5.60 Å². The predicted octanol–water partition coefficient (Wildman–Crippen LogP) is 2.41. The van der Waals surface area contributed by atoms with Crippen LogP contribution in [0.5, 0.6) is 0 Å². The molecule has 0 saturated carbocycles. The van der Waals surface area contributed by atoms with Crippen LogP contribution in [0.25, 0.3) is 0 Å². The van der Waals surface area contributed by atoms with Crippen LogP contribution in [0.1, 0.15) is 27.7 Å². The minimum Gasteiger partial charge on any atom is -0.444 e. The molecule has 0 radical (unpaired) electrons. The summed E-state index contributed by atoms with van der Waals surface area (Å²) in [5, 5.41) is 0.730. The smallest absolute Gasteiger partial charge is 0.410 e. The highest BCUT2D eigenvalue weighted by Crippen LogP contribution is 2.19. The molecule has 0 aromatic rings. The van der Waals surface area contributed by atoms with Gasteiger partial charge in [0.25, 0.3) is 0 Å². The summed E-state index contributed by atoms with van der Waals surface area (Å²) in [5.74, 6) is 0. The number of amides is 1. The van der Waals surface area contributed by atoms with Gasteiger partial charge >= 0.3 is 6.09 Å². The van der Waals surface area contributed by atoms with Crippen LogP contribution in [0.2, 0.25) is 0 Å². The molecular weight excluding hydrogens is 274 g/mol. The minimum absolute atomic E-state index is 0.0428. The molecule has 0 aromatic heterocycles. The molecule has 16 heavy (non-hydrogen) atoms. The molecule has 1 fully saturated rings. The zero-order chi connectivity index (χ0) is 12.3. The molecule has 0 bridgehead atoms.